The van der Waals surface area contributed by atoms with Gasteiger partial charge in [0.1, 0.15) is 0 Å². The van der Waals surface area contributed by atoms with Gasteiger partial charge >= 0.3 is 0 Å². The fourth-order valence-corrected chi connectivity index (χ4v) is 5.44. The third-order valence-electron chi connectivity index (χ3n) is 5.65. The second kappa shape index (κ2) is 6.20. The molecule has 0 radical (unpaired) electrons. The number of benzene rings is 2. The van der Waals surface area contributed by atoms with Crippen LogP contribution < -0.4 is 9.21 Å². The highest BCUT2D eigenvalue weighted by atomic mass is 32.3. The van der Waals surface area contributed by atoms with Crippen LogP contribution in [-0.2, 0) is 10.5 Å². The maximum Gasteiger partial charge on any atom is 0.227 e. The molecule has 7 heteroatoms. The van der Waals surface area contributed by atoms with Crippen LogP contribution in [0.2, 0.25) is 0 Å². The Kier molecular flexibility index (Phi) is 3.87. The number of amides is 1. The van der Waals surface area contributed by atoms with Gasteiger partial charge in [0.15, 0.2) is 0 Å². The van der Waals surface area contributed by atoms with Gasteiger partial charge in [-0.15, -0.1) is 10.8 Å². The zero-order valence-electron chi connectivity index (χ0n) is 15.5. The third-order valence-corrected chi connectivity index (χ3v) is 7.42. The van der Waals surface area contributed by atoms with E-state index in [0.717, 1.165) is 51.8 Å². The van der Waals surface area contributed by atoms with E-state index in [4.69, 9.17) is 0 Å². The zero-order chi connectivity index (χ0) is 19.5. The molecule has 0 spiro atoms. The van der Waals surface area contributed by atoms with Crippen molar-refractivity contribution in [2.75, 3.05) is 22.8 Å². The lowest BCUT2D eigenvalue weighted by atomic mass is 9.98. The van der Waals surface area contributed by atoms with Gasteiger partial charge in [0.05, 0.1) is 11.4 Å². The third kappa shape index (κ3) is 2.66. The van der Waals surface area contributed by atoms with E-state index < -0.39 is 10.8 Å². The molecule has 0 bridgehead atoms. The summed E-state index contributed by atoms with van der Waals surface area (Å²) in [4.78, 5) is 18.4. The Morgan fingerprint density at radius 1 is 1.11 bits per heavy atom. The minimum Gasteiger partial charge on any atom is -0.312 e. The molecule has 3 aromatic rings. The predicted molar refractivity (Wildman–Crippen MR) is 114 cm³/mol. The maximum absolute atomic E-state index is 12.1. The molecule has 2 N–H and O–H groups in total. The number of carbonyl (C=O) groups excluding carboxylic acids is 1. The smallest absolute Gasteiger partial charge is 0.227 e. The molecule has 0 aliphatic carbocycles. The van der Waals surface area contributed by atoms with Gasteiger partial charge in [0.2, 0.25) is 5.91 Å². The Hall–Kier alpha value is -2.61. The lowest BCUT2D eigenvalue weighted by Crippen LogP contribution is -2.23. The molecule has 1 amide bonds. The van der Waals surface area contributed by atoms with Crippen LogP contribution >= 0.6 is 10.8 Å². The first-order valence-corrected chi connectivity index (χ1v) is 10.9. The van der Waals surface area contributed by atoms with Crippen LogP contribution in [-0.4, -0.2) is 33.6 Å². The van der Waals surface area contributed by atoms with Crippen molar-refractivity contribution < 1.29 is 13.9 Å². The van der Waals surface area contributed by atoms with E-state index in [1.807, 2.05) is 47.6 Å². The number of hydrogen-bond acceptors (Lipinski definition) is 5. The Morgan fingerprint density at radius 2 is 1.96 bits per heavy atom. The van der Waals surface area contributed by atoms with E-state index in [2.05, 4.69) is 11.1 Å². The van der Waals surface area contributed by atoms with E-state index >= 15 is 0 Å². The number of hydrogen-bond donors (Lipinski definition) is 2. The topological polar surface area (TPSA) is 76.9 Å². The second-order valence-corrected chi connectivity index (χ2v) is 9.46. The largest absolute Gasteiger partial charge is 0.312 e. The molecule has 1 fully saturated rings. The van der Waals surface area contributed by atoms with Gasteiger partial charge < -0.3 is 4.90 Å². The summed E-state index contributed by atoms with van der Waals surface area (Å²) in [5.74, 6) is 0.402. The molecule has 0 unspecified atom stereocenters. The average molecular weight is 395 g/mol. The van der Waals surface area contributed by atoms with Gasteiger partial charge in [-0.05, 0) is 47.2 Å². The standard InChI is InChI=1S/C21H21N3O3S/c1-23-20-7-5-14(9-16(20)13-28(23,26)27)19-12-22-11-15-4-6-17(10-18(15)19)24-8-2-3-21(24)25/h4-7,9-12,26-27H,2-3,8,13H2,1H3. The molecule has 2 aliphatic heterocycles. The number of nitrogens with zero attached hydrogens (tertiary/aromatic N) is 3. The summed E-state index contributed by atoms with van der Waals surface area (Å²) in [5.41, 5.74) is 4.63. The summed E-state index contributed by atoms with van der Waals surface area (Å²) in [6.07, 6.45) is 5.15. The second-order valence-electron chi connectivity index (χ2n) is 7.36. The minimum absolute atomic E-state index is 0.167. The molecule has 0 atom stereocenters. The number of pyridine rings is 1. The van der Waals surface area contributed by atoms with Crippen molar-refractivity contribution in [1.82, 2.24) is 4.98 Å². The lowest BCUT2D eigenvalue weighted by Gasteiger charge is -2.35. The molecule has 3 heterocycles. The highest BCUT2D eigenvalue weighted by Crippen LogP contribution is 2.56. The first-order valence-electron chi connectivity index (χ1n) is 9.25. The summed E-state index contributed by atoms with van der Waals surface area (Å²) in [7, 11) is -1.07. The van der Waals surface area contributed by atoms with E-state index in [0.29, 0.717) is 6.42 Å². The number of anilines is 2. The minimum atomic E-state index is -2.78. The van der Waals surface area contributed by atoms with Crippen molar-refractivity contribution in [3.05, 3.63) is 54.4 Å². The monoisotopic (exact) mass is 395 g/mol. The Morgan fingerprint density at radius 3 is 2.75 bits per heavy atom. The maximum atomic E-state index is 12.1. The van der Waals surface area contributed by atoms with Crippen LogP contribution in [0.3, 0.4) is 0 Å². The summed E-state index contributed by atoms with van der Waals surface area (Å²) < 4.78 is 22.0. The van der Waals surface area contributed by atoms with Gasteiger partial charge in [0, 0.05) is 49.0 Å². The van der Waals surface area contributed by atoms with Crippen molar-refractivity contribution in [2.24, 2.45) is 0 Å². The molecule has 2 aliphatic rings. The summed E-state index contributed by atoms with van der Waals surface area (Å²) in [6, 6.07) is 12.0. The van der Waals surface area contributed by atoms with E-state index in [1.54, 1.807) is 11.4 Å². The normalized spacial score (nSPS) is 19.3. The zero-order valence-corrected chi connectivity index (χ0v) is 16.3. The Labute approximate surface area is 164 Å². The predicted octanol–water partition coefficient (Wildman–Crippen LogP) is 4.64. The first kappa shape index (κ1) is 17.5. The van der Waals surface area contributed by atoms with E-state index in [-0.39, 0.29) is 11.7 Å². The van der Waals surface area contributed by atoms with Crippen LogP contribution in [0.1, 0.15) is 18.4 Å². The van der Waals surface area contributed by atoms with Crippen LogP contribution in [0.4, 0.5) is 11.4 Å². The highest BCUT2D eigenvalue weighted by molar-refractivity contribution is 8.25. The molecule has 0 saturated carbocycles. The summed E-state index contributed by atoms with van der Waals surface area (Å²) in [5, 5.41) is 2.04. The van der Waals surface area contributed by atoms with Gasteiger partial charge in [0.25, 0.3) is 0 Å². The molecule has 2 aromatic carbocycles. The van der Waals surface area contributed by atoms with Crippen molar-refractivity contribution in [2.45, 2.75) is 18.6 Å². The molecule has 6 nitrogen and oxygen atoms in total. The number of aromatic nitrogens is 1. The molecule has 28 heavy (non-hydrogen) atoms. The molecule has 144 valence electrons. The van der Waals surface area contributed by atoms with Crippen molar-refractivity contribution in [1.29, 1.82) is 0 Å². The van der Waals surface area contributed by atoms with Crippen molar-refractivity contribution in [3.63, 3.8) is 0 Å². The lowest BCUT2D eigenvalue weighted by molar-refractivity contribution is -0.117. The van der Waals surface area contributed by atoms with Gasteiger partial charge in [-0.25, -0.2) is 0 Å². The summed E-state index contributed by atoms with van der Waals surface area (Å²) in [6.45, 7) is 0.758. The molecular weight excluding hydrogens is 374 g/mol. The Balaban J connectivity index is 1.63. The van der Waals surface area contributed by atoms with Gasteiger partial charge in [-0.2, -0.15) is 0 Å². The molecule has 1 aromatic heterocycles. The van der Waals surface area contributed by atoms with Crippen molar-refractivity contribution in [3.8, 4) is 11.1 Å². The van der Waals surface area contributed by atoms with Crippen LogP contribution in [0, 0.1) is 0 Å². The molecular formula is C21H21N3O3S. The van der Waals surface area contributed by atoms with Crippen LogP contribution in [0.15, 0.2) is 48.8 Å². The summed E-state index contributed by atoms with van der Waals surface area (Å²) >= 11 is 0. The van der Waals surface area contributed by atoms with Crippen LogP contribution in [0.5, 0.6) is 0 Å². The highest BCUT2D eigenvalue weighted by Gasteiger charge is 2.30. The first-order chi connectivity index (χ1) is 13.4. The Bertz CT molecular complexity index is 1120. The average Bonchev–Trinajstić information content (AvgIpc) is 3.21. The number of fused-ring (bicyclic) bond motifs is 2. The number of rotatable bonds is 2. The SMILES string of the molecule is CN1c2ccc(-c3cncc4ccc(N5CCCC5=O)cc34)cc2CS1(O)O. The number of carbonyl (C=O) groups is 1. The van der Waals surface area contributed by atoms with E-state index in [9.17, 15) is 13.9 Å². The van der Waals surface area contributed by atoms with Gasteiger partial charge in [-0.1, -0.05) is 12.1 Å². The van der Waals surface area contributed by atoms with E-state index in [1.165, 1.54) is 0 Å². The molecule has 1 saturated heterocycles. The van der Waals surface area contributed by atoms with Gasteiger partial charge in [-0.3, -0.25) is 23.2 Å². The quantitative estimate of drug-likeness (QED) is 0.661. The fourth-order valence-electron chi connectivity index (χ4n) is 4.11. The molecule has 5 rings (SSSR count). The van der Waals surface area contributed by atoms with Crippen LogP contribution in [0.25, 0.3) is 21.9 Å². The fraction of sp³-hybridized carbons (Fsp3) is 0.238. The van der Waals surface area contributed by atoms with Crippen molar-refractivity contribution >= 4 is 38.8 Å².